The minimum Gasteiger partial charge on any atom is -0.759 e. The van der Waals surface area contributed by atoms with Gasteiger partial charge in [-0.25, -0.2) is 8.75 Å². The van der Waals surface area contributed by atoms with Crippen molar-refractivity contribution in [3.8, 4) is 0 Å². The Morgan fingerprint density at radius 1 is 1.00 bits per heavy atom. The predicted molar refractivity (Wildman–Crippen MR) is 31.2 cm³/mol. The van der Waals surface area contributed by atoms with Crippen molar-refractivity contribution in [2.45, 2.75) is 10.1 Å². The summed E-state index contributed by atoms with van der Waals surface area (Å²) in [6, 6.07) is 0. The summed E-state index contributed by atoms with van der Waals surface area (Å²) in [5.41, 5.74) is 0. The summed E-state index contributed by atoms with van der Waals surface area (Å²) < 4.78 is 7.31. The summed E-state index contributed by atoms with van der Waals surface area (Å²) in [5.74, 6) is 0. The van der Waals surface area contributed by atoms with Gasteiger partial charge in [0.1, 0.15) is 0 Å². The molecule has 0 radical (unpaired) electrons. The third-order valence-electron chi connectivity index (χ3n) is 0.430. The first-order valence-electron chi connectivity index (χ1n) is 1.47. The molecule has 2 nitrogen and oxygen atoms in total. The number of nitrogens with zero attached hydrogens (tertiary/aromatic N) is 2. The van der Waals surface area contributed by atoms with Gasteiger partial charge in [-0.2, -0.15) is 0 Å². The molecule has 0 saturated carbocycles. The Morgan fingerprint density at radius 2 is 1.33 bits per heavy atom. The second-order valence-corrected chi connectivity index (χ2v) is 2.18. The smallest absolute Gasteiger partial charge is 0.759 e. The Kier molecular flexibility index (Phi) is 8.47. The van der Waals surface area contributed by atoms with E-state index < -0.39 is 0 Å². The van der Waals surface area contributed by atoms with Crippen molar-refractivity contribution < 1.29 is 37.7 Å². The van der Waals surface area contributed by atoms with Crippen LogP contribution in [0.15, 0.2) is 10.1 Å². The molecule has 0 spiro atoms. The Morgan fingerprint density at radius 3 is 1.44 bits per heavy atom. The molecule has 0 aliphatic rings. The number of aromatic nitrogens is 2. The molecule has 0 fully saturated rings. The molecule has 0 saturated heterocycles. The molecule has 0 unspecified atom stereocenters. The first kappa shape index (κ1) is 12.8. The Balaban J connectivity index is 0. The van der Waals surface area contributed by atoms with Crippen LogP contribution in [0.2, 0.25) is 0 Å². The van der Waals surface area contributed by atoms with Crippen LogP contribution in [0.3, 0.4) is 0 Å². The van der Waals surface area contributed by atoms with Crippen molar-refractivity contribution in [3.05, 3.63) is 0 Å². The van der Waals surface area contributed by atoms with Crippen molar-refractivity contribution in [1.29, 1.82) is 0 Å². The maximum Gasteiger partial charge on any atom is 1.00 e. The molecule has 0 aliphatic heterocycles. The van der Waals surface area contributed by atoms with Gasteiger partial charge in [0.2, 0.25) is 0 Å². The van der Waals surface area contributed by atoms with Gasteiger partial charge in [-0.15, -0.1) is 0 Å². The van der Waals surface area contributed by atoms with Gasteiger partial charge in [-0.1, -0.05) is 10.1 Å². The fraction of sp³-hybridized carbons (Fsp3) is 0. The van der Waals surface area contributed by atoms with Crippen LogP contribution in [0.5, 0.6) is 0 Å². The molecule has 1 heterocycles. The molecule has 0 aliphatic carbocycles. The van der Waals surface area contributed by atoms with Crippen LogP contribution in [0, 0.1) is 0 Å². The van der Waals surface area contributed by atoms with E-state index in [1.165, 1.54) is 0 Å². The first-order chi connectivity index (χ1) is 3.30. The summed E-state index contributed by atoms with van der Waals surface area (Å²) in [4.78, 5) is 0. The standard InChI is InChI=1S/C2H2N2S3.2Li/c5-1-2(6)4-7-3-1;;/h(H,3,5)(H,4,6);;/q;2*+1/p-2. The summed E-state index contributed by atoms with van der Waals surface area (Å²) in [5, 5.41) is 0.889. The summed E-state index contributed by atoms with van der Waals surface area (Å²) in [7, 11) is 0. The van der Waals surface area contributed by atoms with Crippen LogP contribution in [-0.4, -0.2) is 8.75 Å². The monoisotopic (exact) mass is 162 g/mol. The van der Waals surface area contributed by atoms with Crippen molar-refractivity contribution in [1.82, 2.24) is 8.75 Å². The Bertz CT molecular complexity index is 150. The SMILES string of the molecule is [Li+].[Li+].[S-]c1nsnc1[S-]. The molecule has 0 N–H and O–H groups in total. The maximum atomic E-state index is 4.62. The largest absolute Gasteiger partial charge is 1.00 e. The third kappa shape index (κ3) is 3.80. The fourth-order valence-corrected chi connectivity index (χ4v) is 0.942. The second-order valence-electron chi connectivity index (χ2n) is 0.875. The zero-order chi connectivity index (χ0) is 5.28. The number of hydrogen-bond acceptors (Lipinski definition) is 5. The second kappa shape index (κ2) is 5.94. The topological polar surface area (TPSA) is 25.8 Å². The van der Waals surface area contributed by atoms with Crippen LogP contribution in [0.4, 0.5) is 0 Å². The van der Waals surface area contributed by atoms with Gasteiger partial charge in [0.25, 0.3) is 0 Å². The van der Waals surface area contributed by atoms with E-state index in [4.69, 9.17) is 0 Å². The number of hydrogen-bond donors (Lipinski definition) is 0. The van der Waals surface area contributed by atoms with E-state index in [1.54, 1.807) is 0 Å². The van der Waals surface area contributed by atoms with Gasteiger partial charge in [-0.3, -0.25) is 0 Å². The molecule has 0 bridgehead atoms. The van der Waals surface area contributed by atoms with E-state index in [9.17, 15) is 0 Å². The van der Waals surface area contributed by atoms with Crippen molar-refractivity contribution >= 4 is 37.0 Å². The maximum absolute atomic E-state index is 4.62. The van der Waals surface area contributed by atoms with E-state index in [2.05, 4.69) is 34.0 Å². The van der Waals surface area contributed by atoms with Crippen LogP contribution < -0.4 is 37.7 Å². The molecule has 38 valence electrons. The first-order valence-corrected chi connectivity index (χ1v) is 3.02. The minimum atomic E-state index is 0. The van der Waals surface area contributed by atoms with Crippen molar-refractivity contribution in [3.63, 3.8) is 0 Å². The zero-order valence-electron chi connectivity index (χ0n) is 5.12. The molecule has 0 atom stereocenters. The van der Waals surface area contributed by atoms with Crippen LogP contribution in [0.1, 0.15) is 0 Å². The van der Waals surface area contributed by atoms with E-state index in [0.717, 1.165) is 11.7 Å². The normalized spacial score (nSPS) is 7.11. The minimum absolute atomic E-state index is 0. The zero-order valence-corrected chi connectivity index (χ0v) is 7.57. The average Bonchev–Trinajstić information content (AvgIpc) is 1.91. The van der Waals surface area contributed by atoms with E-state index in [-0.39, 0.29) is 37.7 Å². The van der Waals surface area contributed by atoms with Crippen molar-refractivity contribution in [2.75, 3.05) is 0 Å². The average molecular weight is 162 g/mol. The van der Waals surface area contributed by atoms with Crippen LogP contribution in [0.25, 0.3) is 0 Å². The Labute approximate surface area is 92.7 Å². The van der Waals surface area contributed by atoms with Crippen molar-refractivity contribution in [2.24, 2.45) is 0 Å². The number of rotatable bonds is 0. The molecule has 0 amide bonds. The van der Waals surface area contributed by atoms with Gasteiger partial charge in [0.15, 0.2) is 0 Å². The molecule has 1 rings (SSSR count). The molecule has 9 heavy (non-hydrogen) atoms. The van der Waals surface area contributed by atoms with Gasteiger partial charge < -0.3 is 25.3 Å². The van der Waals surface area contributed by atoms with Gasteiger partial charge in [-0.05, 0) is 0 Å². The van der Waals surface area contributed by atoms with E-state index in [0.29, 0.717) is 10.1 Å². The predicted octanol–water partition coefficient (Wildman–Crippen LogP) is -5.64. The quantitative estimate of drug-likeness (QED) is 0.280. The van der Waals surface area contributed by atoms with Gasteiger partial charge >= 0.3 is 37.7 Å². The van der Waals surface area contributed by atoms with E-state index >= 15 is 0 Å². The summed E-state index contributed by atoms with van der Waals surface area (Å²) in [6.45, 7) is 0. The molecule has 1 aromatic heterocycles. The summed E-state index contributed by atoms with van der Waals surface area (Å²) in [6.07, 6.45) is 0. The van der Waals surface area contributed by atoms with Gasteiger partial charge in [0.05, 0.1) is 11.7 Å². The molecular weight excluding hydrogens is 162 g/mol. The molecule has 7 heteroatoms. The molecular formula is C2Li2N2S3. The molecule has 1 aromatic rings. The Hall–Kier alpha value is 1.19. The fourth-order valence-electron chi connectivity index (χ4n) is 0.173. The third-order valence-corrected chi connectivity index (χ3v) is 1.89. The van der Waals surface area contributed by atoms with Crippen LogP contribution in [-0.2, 0) is 25.3 Å². The van der Waals surface area contributed by atoms with E-state index in [1.807, 2.05) is 0 Å². The summed E-state index contributed by atoms with van der Waals surface area (Å²) >= 11 is 10.3. The van der Waals surface area contributed by atoms with Gasteiger partial charge in [0, 0.05) is 0 Å². The molecule has 0 aromatic carbocycles. The van der Waals surface area contributed by atoms with Crippen LogP contribution >= 0.6 is 11.7 Å².